The van der Waals surface area contributed by atoms with Crippen molar-refractivity contribution in [3.05, 3.63) is 63.5 Å². The highest BCUT2D eigenvalue weighted by Gasteiger charge is 2.20. The van der Waals surface area contributed by atoms with Gasteiger partial charge in [-0.3, -0.25) is 14.9 Å². The maximum atomic E-state index is 12.3. The first kappa shape index (κ1) is 21.7. The third-order valence-corrected chi connectivity index (χ3v) is 3.22. The van der Waals surface area contributed by atoms with Crippen LogP contribution in [-0.4, -0.2) is 23.3 Å². The summed E-state index contributed by atoms with van der Waals surface area (Å²) in [6.45, 7) is 4.03. The largest absolute Gasteiger partial charge is 0.490 e. The number of ether oxygens (including phenoxy) is 1. The van der Waals surface area contributed by atoms with Gasteiger partial charge in [-0.1, -0.05) is 0 Å². The Labute approximate surface area is 150 Å². The van der Waals surface area contributed by atoms with E-state index in [0.717, 1.165) is 11.1 Å². The van der Waals surface area contributed by atoms with E-state index in [1.807, 2.05) is 32.3 Å². The molecule has 0 aliphatic carbocycles. The fraction of sp³-hybridized carbons (Fsp3) is 0.250. The summed E-state index contributed by atoms with van der Waals surface area (Å²) in [5.74, 6) is -0.0543. The van der Waals surface area contributed by atoms with Gasteiger partial charge in [0.2, 0.25) is 12.3 Å². The molecule has 0 saturated heterocycles. The number of benzene rings is 1. The van der Waals surface area contributed by atoms with E-state index in [0.29, 0.717) is 5.56 Å². The molecule has 0 spiro atoms. The van der Waals surface area contributed by atoms with Crippen molar-refractivity contribution in [1.82, 2.24) is 0 Å². The fourth-order valence-corrected chi connectivity index (χ4v) is 2.35. The Kier molecular flexibility index (Phi) is 8.21. The van der Waals surface area contributed by atoms with Gasteiger partial charge in [0.05, 0.1) is 12.0 Å². The lowest BCUT2D eigenvalue weighted by atomic mass is 10.1. The average molecular weight is 400 g/mol. The molecule has 2 rings (SSSR count). The molecule has 0 fully saturated rings. The predicted molar refractivity (Wildman–Crippen MR) is 94.0 cm³/mol. The van der Waals surface area contributed by atoms with Gasteiger partial charge in [0.1, 0.15) is 0 Å². The molecule has 1 aromatic heterocycles. The molecule has 0 unspecified atom stereocenters. The molecule has 0 radical (unpaired) electrons. The highest BCUT2D eigenvalue weighted by atomic mass is 79.9. The Hall–Kier alpha value is -2.32. The van der Waals surface area contributed by atoms with Gasteiger partial charge >= 0.3 is 5.69 Å². The number of nitro benzene ring substituents is 1. The van der Waals surface area contributed by atoms with E-state index >= 15 is 0 Å². The number of nitro groups is 1. The summed E-state index contributed by atoms with van der Waals surface area (Å²) in [6, 6.07) is 6.25. The normalized spacial score (nSPS) is 9.46. The molecule has 0 amide bonds. The first-order chi connectivity index (χ1) is 10.4. The number of hydrogen-bond acceptors (Lipinski definition) is 4. The van der Waals surface area contributed by atoms with Crippen molar-refractivity contribution in [2.75, 3.05) is 7.11 Å². The van der Waals surface area contributed by atoms with Gasteiger partial charge in [0.15, 0.2) is 18.1 Å². The third kappa shape index (κ3) is 5.10. The minimum absolute atomic E-state index is 0. The van der Waals surface area contributed by atoms with Gasteiger partial charge in [-0.15, -0.1) is 17.0 Å². The van der Waals surface area contributed by atoms with E-state index in [-0.39, 0.29) is 46.2 Å². The number of methoxy groups -OCH3 is 1. The smallest absolute Gasteiger partial charge is 0.311 e. The van der Waals surface area contributed by atoms with Gasteiger partial charge in [-0.25, -0.2) is 0 Å². The van der Waals surface area contributed by atoms with Crippen LogP contribution in [0.25, 0.3) is 0 Å². The molecule has 0 atom stereocenters. The Balaban J connectivity index is 0.00000264. The van der Waals surface area contributed by atoms with Crippen LogP contribution in [0.5, 0.6) is 5.75 Å². The molecule has 0 saturated carbocycles. The first-order valence-corrected chi connectivity index (χ1v) is 6.73. The van der Waals surface area contributed by atoms with Crippen molar-refractivity contribution in [2.45, 2.75) is 20.4 Å². The van der Waals surface area contributed by atoms with Crippen molar-refractivity contribution in [3.8, 4) is 5.75 Å². The van der Waals surface area contributed by atoms with Crippen molar-refractivity contribution >= 4 is 28.5 Å². The van der Waals surface area contributed by atoms with Crippen molar-refractivity contribution < 1.29 is 24.5 Å². The monoisotopic (exact) mass is 399 g/mol. The van der Waals surface area contributed by atoms with Crippen molar-refractivity contribution in [2.24, 2.45) is 0 Å². The zero-order valence-corrected chi connectivity index (χ0v) is 15.3. The van der Waals surface area contributed by atoms with E-state index in [1.165, 1.54) is 25.3 Å². The van der Waals surface area contributed by atoms with E-state index in [9.17, 15) is 14.9 Å². The second-order valence-corrected chi connectivity index (χ2v) is 5.13. The second-order valence-electron chi connectivity index (χ2n) is 5.13. The molecule has 0 aliphatic rings. The summed E-state index contributed by atoms with van der Waals surface area (Å²) in [6.07, 6.45) is 3.73. The molecule has 1 aromatic carbocycles. The first-order valence-electron chi connectivity index (χ1n) is 6.73. The van der Waals surface area contributed by atoms with Crippen LogP contribution < -0.4 is 9.30 Å². The molecule has 2 aromatic rings. The summed E-state index contributed by atoms with van der Waals surface area (Å²) in [5, 5.41) is 11.0. The van der Waals surface area contributed by atoms with Crippen molar-refractivity contribution in [3.63, 3.8) is 0 Å². The number of rotatable bonds is 5. The second kappa shape index (κ2) is 9.09. The van der Waals surface area contributed by atoms with Gasteiger partial charge in [0, 0.05) is 22.8 Å². The summed E-state index contributed by atoms with van der Waals surface area (Å²) >= 11 is 0. The van der Waals surface area contributed by atoms with Gasteiger partial charge in [-0.2, -0.15) is 4.57 Å². The molecular weight excluding hydrogens is 380 g/mol. The maximum absolute atomic E-state index is 12.3. The Bertz CT molecular complexity index is 729. The van der Waals surface area contributed by atoms with Crippen LogP contribution >= 0.6 is 17.0 Å². The van der Waals surface area contributed by atoms with E-state index < -0.39 is 4.92 Å². The molecule has 0 bridgehead atoms. The van der Waals surface area contributed by atoms with Crippen LogP contribution in [0.15, 0.2) is 36.7 Å². The Morgan fingerprint density at radius 1 is 1.21 bits per heavy atom. The SMILES string of the molecule is Br.COc1ccc(C(=O)C[n+]2cc(C)cc(C)c2)cc1[N+](=O)[O-].O. The number of pyridine rings is 1. The van der Waals surface area contributed by atoms with E-state index in [4.69, 9.17) is 4.74 Å². The van der Waals surface area contributed by atoms with Gasteiger partial charge in [0.25, 0.3) is 0 Å². The zero-order valence-electron chi connectivity index (χ0n) is 13.6. The average Bonchev–Trinajstić information content (AvgIpc) is 2.45. The molecule has 7 nitrogen and oxygen atoms in total. The number of ketones is 1. The fourth-order valence-electron chi connectivity index (χ4n) is 2.35. The Morgan fingerprint density at radius 2 is 1.79 bits per heavy atom. The molecule has 0 aliphatic heterocycles. The highest BCUT2D eigenvalue weighted by molar-refractivity contribution is 8.93. The highest BCUT2D eigenvalue weighted by Crippen LogP contribution is 2.27. The number of halogens is 1. The van der Waals surface area contributed by atoms with E-state index in [2.05, 4.69) is 0 Å². The standard InChI is InChI=1S/C16H17N2O4.BrH.H2O/c1-11-6-12(2)9-17(8-11)10-15(19)13-4-5-16(22-3)14(7-13)18(20)21;;/h4-9H,10H2,1-3H3;1H;1H2/q+1;;. The Morgan fingerprint density at radius 3 is 2.29 bits per heavy atom. The molecule has 130 valence electrons. The van der Waals surface area contributed by atoms with Gasteiger partial charge < -0.3 is 10.2 Å². The molecular formula is C16H20BrN2O5+. The molecule has 2 N–H and O–H groups in total. The number of Topliss-reactive ketones (excluding diaryl/α,β-unsaturated/α-hetero) is 1. The van der Waals surface area contributed by atoms with Crippen molar-refractivity contribution in [1.29, 1.82) is 0 Å². The van der Waals surface area contributed by atoms with Gasteiger partial charge in [-0.05, 0) is 32.0 Å². The number of nitrogens with zero attached hydrogens (tertiary/aromatic N) is 2. The number of carbonyl (C=O) groups excluding carboxylic acids is 1. The van der Waals surface area contributed by atoms with Crippen LogP contribution in [0.2, 0.25) is 0 Å². The zero-order chi connectivity index (χ0) is 16.3. The molecule has 24 heavy (non-hydrogen) atoms. The third-order valence-electron chi connectivity index (χ3n) is 3.22. The van der Waals surface area contributed by atoms with Crippen LogP contribution in [0.3, 0.4) is 0 Å². The number of carbonyl (C=O) groups is 1. The topological polar surface area (TPSA) is 105 Å². The predicted octanol–water partition coefficient (Wildman–Crippen LogP) is 2.14. The summed E-state index contributed by atoms with van der Waals surface area (Å²) in [4.78, 5) is 22.8. The minimum Gasteiger partial charge on any atom is -0.490 e. The summed E-state index contributed by atoms with van der Waals surface area (Å²) < 4.78 is 6.71. The molecule has 1 heterocycles. The summed E-state index contributed by atoms with van der Waals surface area (Å²) in [7, 11) is 1.36. The minimum atomic E-state index is -0.556. The quantitative estimate of drug-likeness (QED) is 0.332. The lowest BCUT2D eigenvalue weighted by Crippen LogP contribution is -2.38. The number of aryl methyl sites for hydroxylation is 2. The van der Waals surface area contributed by atoms with Crippen LogP contribution in [0, 0.1) is 24.0 Å². The van der Waals surface area contributed by atoms with Crippen LogP contribution in [0.1, 0.15) is 21.5 Å². The van der Waals surface area contributed by atoms with E-state index in [1.54, 1.807) is 4.57 Å². The number of aromatic nitrogens is 1. The lowest BCUT2D eigenvalue weighted by Gasteiger charge is -2.04. The van der Waals surface area contributed by atoms with Crippen LogP contribution in [0.4, 0.5) is 5.69 Å². The molecule has 8 heteroatoms. The number of hydrogen-bond donors (Lipinski definition) is 0. The maximum Gasteiger partial charge on any atom is 0.311 e. The van der Waals surface area contributed by atoms with Crippen LogP contribution in [-0.2, 0) is 6.54 Å². The summed E-state index contributed by atoms with van der Waals surface area (Å²) in [5.41, 5.74) is 2.18. The lowest BCUT2D eigenvalue weighted by molar-refractivity contribution is -0.683.